The number of nitrogens with zero attached hydrogens (tertiary/aromatic N) is 2. The number of allylic oxidation sites excluding steroid dienone is 1. The van der Waals surface area contributed by atoms with Crippen molar-refractivity contribution in [3.63, 3.8) is 0 Å². The van der Waals surface area contributed by atoms with Crippen molar-refractivity contribution in [2.75, 3.05) is 6.54 Å². The average molecular weight is 262 g/mol. The van der Waals surface area contributed by atoms with Gasteiger partial charge in [0, 0.05) is 18.0 Å². The topological polar surface area (TPSA) is 65.8 Å². The molecular formula is C13H14ClN4+. The van der Waals surface area contributed by atoms with Gasteiger partial charge in [0.05, 0.1) is 16.6 Å². The van der Waals surface area contributed by atoms with Crippen LogP contribution in [-0.4, -0.2) is 22.7 Å². The Bertz CT molecular complexity index is 619. The first kappa shape index (κ1) is 12.5. The van der Waals surface area contributed by atoms with Gasteiger partial charge in [-0.15, -0.1) is 0 Å². The summed E-state index contributed by atoms with van der Waals surface area (Å²) < 4.78 is 0. The fourth-order valence-corrected chi connectivity index (χ4v) is 1.73. The molecule has 0 aliphatic heterocycles. The zero-order valence-electron chi connectivity index (χ0n) is 10.0. The molecule has 18 heavy (non-hydrogen) atoms. The van der Waals surface area contributed by atoms with Gasteiger partial charge in [0.15, 0.2) is 6.21 Å². The second kappa shape index (κ2) is 5.60. The van der Waals surface area contributed by atoms with Gasteiger partial charge in [-0.3, -0.25) is 4.98 Å². The van der Waals surface area contributed by atoms with Crippen molar-refractivity contribution in [2.24, 2.45) is 5.73 Å². The molecule has 0 atom stereocenters. The van der Waals surface area contributed by atoms with Gasteiger partial charge < -0.3 is 5.73 Å². The van der Waals surface area contributed by atoms with E-state index in [-0.39, 0.29) is 0 Å². The van der Waals surface area contributed by atoms with E-state index in [9.17, 15) is 0 Å². The van der Waals surface area contributed by atoms with Crippen molar-refractivity contribution in [2.45, 2.75) is 6.92 Å². The Morgan fingerprint density at radius 1 is 1.44 bits per heavy atom. The standard InChI is InChI=1S/C13H13ClN4/c1-2-16-7-10(6-15)9-5-12-11(17-8-9)3-4-13(14)18-12/h3-8H,2,15H2,1H3/p+1. The molecule has 0 spiro atoms. The van der Waals surface area contributed by atoms with E-state index in [1.54, 1.807) is 12.3 Å². The van der Waals surface area contributed by atoms with Gasteiger partial charge in [-0.1, -0.05) is 11.6 Å². The van der Waals surface area contributed by atoms with Gasteiger partial charge in [-0.2, -0.15) is 0 Å². The number of hydrogen-bond donors (Lipinski definition) is 2. The van der Waals surface area contributed by atoms with E-state index in [0.29, 0.717) is 5.15 Å². The van der Waals surface area contributed by atoms with Crippen molar-refractivity contribution in [1.29, 1.82) is 0 Å². The van der Waals surface area contributed by atoms with E-state index in [2.05, 4.69) is 15.0 Å². The zero-order valence-corrected chi connectivity index (χ0v) is 10.8. The van der Waals surface area contributed by atoms with Crippen molar-refractivity contribution in [3.8, 4) is 0 Å². The highest BCUT2D eigenvalue weighted by atomic mass is 35.5. The lowest BCUT2D eigenvalue weighted by molar-refractivity contribution is -0.445. The summed E-state index contributed by atoms with van der Waals surface area (Å²) in [4.78, 5) is 11.7. The second-order valence-corrected chi connectivity index (χ2v) is 4.11. The fraction of sp³-hybridized carbons (Fsp3) is 0.154. The molecule has 2 aromatic heterocycles. The van der Waals surface area contributed by atoms with Crippen molar-refractivity contribution < 1.29 is 4.99 Å². The van der Waals surface area contributed by atoms with Gasteiger partial charge in [-0.25, -0.2) is 9.98 Å². The Kier molecular flexibility index (Phi) is 3.89. The first-order valence-corrected chi connectivity index (χ1v) is 6.03. The zero-order chi connectivity index (χ0) is 13.0. The average Bonchev–Trinajstić information content (AvgIpc) is 2.39. The molecule has 0 aliphatic carbocycles. The highest BCUT2D eigenvalue weighted by Gasteiger charge is 2.05. The maximum Gasteiger partial charge on any atom is 0.171 e. The number of fused-ring (bicyclic) bond motifs is 1. The van der Waals surface area contributed by atoms with Crippen LogP contribution in [0.3, 0.4) is 0 Å². The van der Waals surface area contributed by atoms with E-state index in [1.165, 1.54) is 6.20 Å². The molecule has 5 heteroatoms. The summed E-state index contributed by atoms with van der Waals surface area (Å²) in [6, 6.07) is 5.48. The molecule has 0 fully saturated rings. The largest absolute Gasteiger partial charge is 0.404 e. The van der Waals surface area contributed by atoms with Crippen LogP contribution in [0.15, 0.2) is 30.6 Å². The predicted molar refractivity (Wildman–Crippen MR) is 74.3 cm³/mol. The third-order valence-corrected chi connectivity index (χ3v) is 2.69. The van der Waals surface area contributed by atoms with Crippen molar-refractivity contribution >= 4 is 34.4 Å². The summed E-state index contributed by atoms with van der Waals surface area (Å²) in [6.45, 7) is 2.85. The molecule has 0 unspecified atom stereocenters. The number of halogens is 1. The minimum absolute atomic E-state index is 0.454. The summed E-state index contributed by atoms with van der Waals surface area (Å²) in [5.74, 6) is 0. The maximum atomic E-state index is 5.87. The maximum absolute atomic E-state index is 5.87. The van der Waals surface area contributed by atoms with Crippen LogP contribution in [-0.2, 0) is 0 Å². The molecule has 2 aromatic rings. The van der Waals surface area contributed by atoms with Crippen LogP contribution >= 0.6 is 11.6 Å². The quantitative estimate of drug-likeness (QED) is 0.633. The lowest BCUT2D eigenvalue weighted by Crippen LogP contribution is -2.68. The Labute approximate surface area is 110 Å². The summed E-state index contributed by atoms with van der Waals surface area (Å²) in [5.41, 5.74) is 8.95. The molecule has 0 saturated carbocycles. The SMILES string of the molecule is CC[NH+]=CC(=CN)c1cnc2ccc(Cl)nc2c1. The smallest absolute Gasteiger partial charge is 0.171 e. The molecule has 3 N–H and O–H groups in total. The number of nitrogens with two attached hydrogens (primary N) is 1. The monoisotopic (exact) mass is 261 g/mol. The van der Waals surface area contributed by atoms with Crippen LogP contribution in [0.2, 0.25) is 5.15 Å². The van der Waals surface area contributed by atoms with E-state index in [0.717, 1.165) is 28.7 Å². The first-order chi connectivity index (χ1) is 8.74. The fourth-order valence-electron chi connectivity index (χ4n) is 1.58. The van der Waals surface area contributed by atoms with Gasteiger partial charge >= 0.3 is 0 Å². The number of aromatic nitrogens is 2. The first-order valence-electron chi connectivity index (χ1n) is 5.65. The van der Waals surface area contributed by atoms with Gasteiger partial charge in [-0.05, 0) is 25.1 Å². The van der Waals surface area contributed by atoms with E-state index >= 15 is 0 Å². The molecular weight excluding hydrogens is 248 g/mol. The van der Waals surface area contributed by atoms with Crippen molar-refractivity contribution in [3.05, 3.63) is 41.3 Å². The molecule has 0 radical (unpaired) electrons. The third kappa shape index (κ3) is 2.65. The molecule has 0 saturated heterocycles. The van der Waals surface area contributed by atoms with Crippen LogP contribution in [0.25, 0.3) is 16.6 Å². The number of hydrogen-bond acceptors (Lipinski definition) is 3. The lowest BCUT2D eigenvalue weighted by Gasteiger charge is -2.01. The van der Waals surface area contributed by atoms with Crippen LogP contribution < -0.4 is 10.7 Å². The van der Waals surface area contributed by atoms with Crippen LogP contribution in [0.4, 0.5) is 0 Å². The van der Waals surface area contributed by atoms with E-state index in [4.69, 9.17) is 17.3 Å². The highest BCUT2D eigenvalue weighted by Crippen LogP contribution is 2.17. The molecule has 2 heterocycles. The summed E-state index contributed by atoms with van der Waals surface area (Å²) in [6.07, 6.45) is 5.16. The Balaban J connectivity index is 2.48. The minimum atomic E-state index is 0.454. The second-order valence-electron chi connectivity index (χ2n) is 3.72. The van der Waals surface area contributed by atoms with E-state index < -0.39 is 0 Å². The summed E-state index contributed by atoms with van der Waals surface area (Å²) in [5, 5.41) is 0.454. The Morgan fingerprint density at radius 3 is 3.00 bits per heavy atom. The molecule has 0 bridgehead atoms. The molecule has 4 nitrogen and oxygen atoms in total. The van der Waals surface area contributed by atoms with Crippen LogP contribution in [0.1, 0.15) is 12.5 Å². The molecule has 92 valence electrons. The number of pyridine rings is 2. The molecule has 0 aromatic carbocycles. The summed E-state index contributed by atoms with van der Waals surface area (Å²) >= 11 is 5.87. The molecule has 0 aliphatic rings. The molecule has 0 amide bonds. The highest BCUT2D eigenvalue weighted by molar-refractivity contribution is 6.29. The lowest BCUT2D eigenvalue weighted by atomic mass is 10.1. The Morgan fingerprint density at radius 2 is 2.28 bits per heavy atom. The van der Waals surface area contributed by atoms with E-state index in [1.807, 2.05) is 25.3 Å². The molecule has 2 rings (SSSR count). The van der Waals surface area contributed by atoms with Gasteiger partial charge in [0.2, 0.25) is 0 Å². The van der Waals surface area contributed by atoms with Crippen LogP contribution in [0.5, 0.6) is 0 Å². The third-order valence-electron chi connectivity index (χ3n) is 2.48. The minimum Gasteiger partial charge on any atom is -0.404 e. The van der Waals surface area contributed by atoms with Gasteiger partial charge in [0.1, 0.15) is 11.7 Å². The van der Waals surface area contributed by atoms with Gasteiger partial charge in [0.25, 0.3) is 0 Å². The number of rotatable bonds is 3. The summed E-state index contributed by atoms with van der Waals surface area (Å²) in [7, 11) is 0. The Hall–Kier alpha value is -1.94. The predicted octanol–water partition coefficient (Wildman–Crippen LogP) is 0.754. The van der Waals surface area contributed by atoms with Crippen molar-refractivity contribution in [1.82, 2.24) is 9.97 Å². The number of nitrogens with one attached hydrogen (secondary N) is 1. The normalized spacial score (nSPS) is 12.4. The van der Waals surface area contributed by atoms with Crippen LogP contribution in [0, 0.1) is 0 Å².